The predicted molar refractivity (Wildman–Crippen MR) is 130 cm³/mol. The number of benzene rings is 2. The van der Waals surface area contributed by atoms with Gasteiger partial charge in [0, 0.05) is 36.2 Å². The fourth-order valence-corrected chi connectivity index (χ4v) is 5.91. The molecule has 2 aromatic rings. The lowest BCUT2D eigenvalue weighted by Gasteiger charge is -2.38. The Morgan fingerprint density at radius 2 is 1.94 bits per heavy atom. The smallest absolute Gasteiger partial charge is 0.227 e. The lowest BCUT2D eigenvalue weighted by atomic mass is 9.83. The molecule has 2 amide bonds. The maximum absolute atomic E-state index is 13.2. The van der Waals surface area contributed by atoms with Crippen LogP contribution in [0.2, 0.25) is 0 Å². The zero-order chi connectivity index (χ0) is 23.9. The van der Waals surface area contributed by atoms with Crippen LogP contribution < -0.4 is 10.1 Å². The third-order valence-electron chi connectivity index (χ3n) is 8.13. The van der Waals surface area contributed by atoms with E-state index >= 15 is 0 Å². The average molecular weight is 477 g/mol. The van der Waals surface area contributed by atoms with Crippen LogP contribution in [0.3, 0.4) is 0 Å². The maximum atomic E-state index is 13.2. The predicted octanol–water partition coefficient (Wildman–Crippen LogP) is 3.39. The number of hydrogen-bond acceptors (Lipinski definition) is 5. The number of fused-ring (bicyclic) bond motifs is 4. The van der Waals surface area contributed by atoms with Crippen molar-refractivity contribution >= 4 is 17.5 Å². The third kappa shape index (κ3) is 4.32. The SMILES string of the molecule is O=C(Nc1ccc2c(c1)[C@H]1C[C@@H](CC(=O)N3CCc4ccccc4C3)O[C@H](CO)[C@H]1O2)C1CCC1. The Balaban J connectivity index is 1.15. The van der Waals surface area contributed by atoms with Crippen molar-refractivity contribution in [2.45, 2.75) is 69.3 Å². The molecule has 0 radical (unpaired) electrons. The largest absolute Gasteiger partial charge is 0.487 e. The second-order valence-corrected chi connectivity index (χ2v) is 10.3. The molecule has 1 aliphatic carbocycles. The van der Waals surface area contributed by atoms with Gasteiger partial charge in [-0.3, -0.25) is 9.59 Å². The van der Waals surface area contributed by atoms with E-state index in [1.165, 1.54) is 11.1 Å². The molecule has 0 aromatic heterocycles. The summed E-state index contributed by atoms with van der Waals surface area (Å²) < 4.78 is 12.3. The van der Waals surface area contributed by atoms with Gasteiger partial charge < -0.3 is 24.8 Å². The van der Waals surface area contributed by atoms with E-state index in [2.05, 4.69) is 17.4 Å². The van der Waals surface area contributed by atoms with Gasteiger partial charge in [-0.05, 0) is 55.0 Å². The van der Waals surface area contributed by atoms with Gasteiger partial charge in [-0.25, -0.2) is 0 Å². The topological polar surface area (TPSA) is 88.1 Å². The van der Waals surface area contributed by atoms with Crippen LogP contribution in [0.1, 0.15) is 54.7 Å². The van der Waals surface area contributed by atoms with Gasteiger partial charge >= 0.3 is 0 Å². The fraction of sp³-hybridized carbons (Fsp3) is 0.500. The molecule has 1 saturated carbocycles. The van der Waals surface area contributed by atoms with Crippen LogP contribution in [-0.4, -0.2) is 53.3 Å². The van der Waals surface area contributed by atoms with Crippen LogP contribution in [0.4, 0.5) is 5.69 Å². The van der Waals surface area contributed by atoms with Crippen LogP contribution in [0.5, 0.6) is 5.75 Å². The monoisotopic (exact) mass is 476 g/mol. The quantitative estimate of drug-likeness (QED) is 0.691. The minimum atomic E-state index is -0.492. The summed E-state index contributed by atoms with van der Waals surface area (Å²) in [5.74, 6) is 1.06. The maximum Gasteiger partial charge on any atom is 0.227 e. The number of aliphatic hydroxyl groups excluding tert-OH is 1. The van der Waals surface area contributed by atoms with E-state index in [-0.39, 0.29) is 48.9 Å². The van der Waals surface area contributed by atoms with Gasteiger partial charge in [-0.15, -0.1) is 0 Å². The summed E-state index contributed by atoms with van der Waals surface area (Å²) in [5.41, 5.74) is 4.32. The van der Waals surface area contributed by atoms with Crippen molar-refractivity contribution in [3.05, 3.63) is 59.2 Å². The van der Waals surface area contributed by atoms with Crippen LogP contribution in [0, 0.1) is 5.92 Å². The summed E-state index contributed by atoms with van der Waals surface area (Å²) in [5, 5.41) is 13.1. The molecule has 7 nitrogen and oxygen atoms in total. The van der Waals surface area contributed by atoms with Crippen molar-refractivity contribution in [1.29, 1.82) is 0 Å². The Labute approximate surface area is 205 Å². The highest BCUT2D eigenvalue weighted by Crippen LogP contribution is 2.47. The molecule has 2 fully saturated rings. The standard InChI is InChI=1S/C28H32N2O5/c31-16-25-27-23(22-12-20(8-9-24(22)35-27)29-28(33)18-6-3-7-18)13-21(34-25)14-26(32)30-11-10-17-4-1-2-5-19(17)15-30/h1-2,4-5,8-9,12,18,21,23,25,27,31H,3,6-7,10-11,13-16H2,(H,29,33)/t21-,23+,25+,27-/m0/s1. The third-order valence-corrected chi connectivity index (χ3v) is 8.13. The van der Waals surface area contributed by atoms with Crippen LogP contribution >= 0.6 is 0 Å². The summed E-state index contributed by atoms with van der Waals surface area (Å²) in [6, 6.07) is 14.0. The Kier molecular flexibility index (Phi) is 5.98. The van der Waals surface area contributed by atoms with Crippen molar-refractivity contribution in [2.75, 3.05) is 18.5 Å². The number of anilines is 1. The van der Waals surface area contributed by atoms with Crippen molar-refractivity contribution < 1.29 is 24.2 Å². The van der Waals surface area contributed by atoms with Gasteiger partial charge in [0.1, 0.15) is 18.0 Å². The van der Waals surface area contributed by atoms with Gasteiger partial charge in [0.05, 0.1) is 19.1 Å². The molecule has 0 spiro atoms. The Morgan fingerprint density at radius 3 is 2.71 bits per heavy atom. The van der Waals surface area contributed by atoms with Crippen molar-refractivity contribution in [2.24, 2.45) is 5.92 Å². The van der Waals surface area contributed by atoms with E-state index in [0.29, 0.717) is 19.5 Å². The fourth-order valence-electron chi connectivity index (χ4n) is 5.91. The van der Waals surface area contributed by atoms with Crippen molar-refractivity contribution in [3.8, 4) is 5.75 Å². The lowest BCUT2D eigenvalue weighted by molar-refractivity contribution is -0.149. The van der Waals surface area contributed by atoms with Crippen molar-refractivity contribution in [3.63, 3.8) is 0 Å². The van der Waals surface area contributed by atoms with Crippen molar-refractivity contribution in [1.82, 2.24) is 4.90 Å². The number of hydrogen-bond donors (Lipinski definition) is 2. The molecule has 2 N–H and O–H groups in total. The normalized spacial score (nSPS) is 27.2. The molecular formula is C28H32N2O5. The highest BCUT2D eigenvalue weighted by atomic mass is 16.6. The molecule has 4 atom stereocenters. The summed E-state index contributed by atoms with van der Waals surface area (Å²) in [6.45, 7) is 1.18. The summed E-state index contributed by atoms with van der Waals surface area (Å²) in [7, 11) is 0. The molecule has 3 aliphatic heterocycles. The molecule has 2 aromatic carbocycles. The Morgan fingerprint density at radius 1 is 1.11 bits per heavy atom. The first-order valence-electron chi connectivity index (χ1n) is 12.8. The van der Waals surface area contributed by atoms with Gasteiger partial charge in [-0.2, -0.15) is 0 Å². The van der Waals surface area contributed by atoms with Crippen LogP contribution in [0.15, 0.2) is 42.5 Å². The number of amides is 2. The van der Waals surface area contributed by atoms with Gasteiger partial charge in [0.25, 0.3) is 0 Å². The minimum Gasteiger partial charge on any atom is -0.487 e. The number of ether oxygens (including phenoxy) is 2. The van der Waals surface area contributed by atoms with Gasteiger partial charge in [0.15, 0.2) is 0 Å². The minimum absolute atomic E-state index is 0.0105. The molecule has 6 rings (SSSR count). The second-order valence-electron chi connectivity index (χ2n) is 10.3. The number of aliphatic hydroxyl groups is 1. The highest BCUT2D eigenvalue weighted by molar-refractivity contribution is 5.93. The first kappa shape index (κ1) is 22.6. The second kappa shape index (κ2) is 9.28. The molecule has 7 heteroatoms. The van der Waals surface area contributed by atoms with E-state index in [4.69, 9.17) is 9.47 Å². The number of nitrogens with one attached hydrogen (secondary N) is 1. The summed E-state index contributed by atoms with van der Waals surface area (Å²) >= 11 is 0. The average Bonchev–Trinajstić information content (AvgIpc) is 3.20. The Bertz CT molecular complexity index is 1130. The molecule has 4 aliphatic rings. The molecule has 0 bridgehead atoms. The first-order chi connectivity index (χ1) is 17.1. The van der Waals surface area contributed by atoms with E-state index in [9.17, 15) is 14.7 Å². The Hall–Kier alpha value is -2.90. The number of nitrogens with zero attached hydrogens (tertiary/aromatic N) is 1. The van der Waals surface area contributed by atoms with Gasteiger partial charge in [-0.1, -0.05) is 30.7 Å². The molecule has 184 valence electrons. The van der Waals surface area contributed by atoms with E-state index in [1.54, 1.807) is 0 Å². The summed E-state index contributed by atoms with van der Waals surface area (Å²) in [6.07, 6.45) is 3.76. The molecule has 0 unspecified atom stereocenters. The molecule has 35 heavy (non-hydrogen) atoms. The van der Waals surface area contributed by atoms with E-state index < -0.39 is 6.10 Å². The molecule has 1 saturated heterocycles. The van der Waals surface area contributed by atoms with E-state index in [1.807, 2.05) is 35.2 Å². The van der Waals surface area contributed by atoms with Gasteiger partial charge in [0.2, 0.25) is 11.8 Å². The molecular weight excluding hydrogens is 444 g/mol. The highest BCUT2D eigenvalue weighted by Gasteiger charge is 2.46. The first-order valence-corrected chi connectivity index (χ1v) is 12.8. The number of carbonyl (C=O) groups excluding carboxylic acids is 2. The number of rotatable bonds is 5. The van der Waals surface area contributed by atoms with Crippen LogP contribution in [0.25, 0.3) is 0 Å². The van der Waals surface area contributed by atoms with E-state index in [0.717, 1.165) is 42.7 Å². The zero-order valence-corrected chi connectivity index (χ0v) is 19.8. The molecule has 3 heterocycles. The summed E-state index contributed by atoms with van der Waals surface area (Å²) in [4.78, 5) is 27.5. The number of carbonyl (C=O) groups is 2. The van der Waals surface area contributed by atoms with Crippen LogP contribution in [-0.2, 0) is 27.3 Å². The lowest BCUT2D eigenvalue weighted by Crippen LogP contribution is -2.48. The zero-order valence-electron chi connectivity index (χ0n) is 19.8.